The molecule has 0 bridgehead atoms. The molecule has 132 valence electrons. The molecule has 2 rings (SSSR count). The molecule has 0 aliphatic carbocycles. The third kappa shape index (κ3) is 5.43. The maximum atomic E-state index is 12.3. The Balaban J connectivity index is 2.00. The SMILES string of the molecule is CCCC(C)(N)C(=O)Nc1cccc(C(=O)NCc2ccccc2)c1. The lowest BCUT2D eigenvalue weighted by Gasteiger charge is -2.23. The van der Waals surface area contributed by atoms with Crippen molar-refractivity contribution in [2.45, 2.75) is 38.8 Å². The van der Waals surface area contributed by atoms with Gasteiger partial charge in [0.15, 0.2) is 0 Å². The van der Waals surface area contributed by atoms with Crippen LogP contribution in [0.2, 0.25) is 0 Å². The molecular formula is C20H25N3O2. The Morgan fingerprint density at radius 1 is 1.08 bits per heavy atom. The van der Waals surface area contributed by atoms with E-state index in [0.29, 0.717) is 24.2 Å². The number of benzene rings is 2. The van der Waals surface area contributed by atoms with Gasteiger partial charge in [0, 0.05) is 17.8 Å². The molecule has 0 heterocycles. The van der Waals surface area contributed by atoms with Crippen LogP contribution in [-0.2, 0) is 11.3 Å². The average molecular weight is 339 g/mol. The van der Waals surface area contributed by atoms with Crippen molar-refractivity contribution in [3.63, 3.8) is 0 Å². The van der Waals surface area contributed by atoms with Gasteiger partial charge in [-0.15, -0.1) is 0 Å². The fourth-order valence-electron chi connectivity index (χ4n) is 2.53. The van der Waals surface area contributed by atoms with Crippen molar-refractivity contribution in [2.24, 2.45) is 5.73 Å². The van der Waals surface area contributed by atoms with Crippen LogP contribution >= 0.6 is 0 Å². The minimum atomic E-state index is -0.930. The highest BCUT2D eigenvalue weighted by Gasteiger charge is 2.27. The Morgan fingerprint density at radius 3 is 2.48 bits per heavy atom. The highest BCUT2D eigenvalue weighted by atomic mass is 16.2. The summed E-state index contributed by atoms with van der Waals surface area (Å²) in [5.74, 6) is -0.444. The second-order valence-electron chi connectivity index (χ2n) is 6.37. The van der Waals surface area contributed by atoms with E-state index >= 15 is 0 Å². The van der Waals surface area contributed by atoms with E-state index in [-0.39, 0.29) is 11.8 Å². The summed E-state index contributed by atoms with van der Waals surface area (Å²) in [5.41, 5.74) is 7.18. The number of amides is 2. The van der Waals surface area contributed by atoms with E-state index in [4.69, 9.17) is 5.73 Å². The zero-order valence-electron chi connectivity index (χ0n) is 14.7. The second kappa shape index (κ2) is 8.44. The summed E-state index contributed by atoms with van der Waals surface area (Å²) in [4.78, 5) is 24.6. The van der Waals surface area contributed by atoms with Gasteiger partial charge in [0.1, 0.15) is 0 Å². The molecule has 0 radical (unpaired) electrons. The number of carbonyl (C=O) groups excluding carboxylic acids is 2. The third-order valence-electron chi connectivity index (χ3n) is 3.97. The summed E-state index contributed by atoms with van der Waals surface area (Å²) in [6.07, 6.45) is 1.42. The quantitative estimate of drug-likeness (QED) is 0.725. The van der Waals surface area contributed by atoms with Crippen molar-refractivity contribution in [1.29, 1.82) is 0 Å². The first-order chi connectivity index (χ1) is 11.9. The fourth-order valence-corrected chi connectivity index (χ4v) is 2.53. The van der Waals surface area contributed by atoms with Crippen LogP contribution in [0, 0.1) is 0 Å². The van der Waals surface area contributed by atoms with E-state index in [9.17, 15) is 9.59 Å². The number of hydrogen-bond acceptors (Lipinski definition) is 3. The highest BCUT2D eigenvalue weighted by molar-refractivity contribution is 6.00. The topological polar surface area (TPSA) is 84.2 Å². The summed E-state index contributed by atoms with van der Waals surface area (Å²) >= 11 is 0. The van der Waals surface area contributed by atoms with Gasteiger partial charge in [-0.2, -0.15) is 0 Å². The maximum absolute atomic E-state index is 12.3. The van der Waals surface area contributed by atoms with Gasteiger partial charge < -0.3 is 16.4 Å². The minimum Gasteiger partial charge on any atom is -0.348 e. The number of nitrogens with one attached hydrogen (secondary N) is 2. The number of anilines is 1. The number of nitrogens with two attached hydrogens (primary N) is 1. The molecule has 2 aromatic carbocycles. The molecule has 2 amide bonds. The monoisotopic (exact) mass is 339 g/mol. The number of rotatable bonds is 7. The van der Waals surface area contributed by atoms with Crippen LogP contribution in [0.15, 0.2) is 54.6 Å². The summed E-state index contributed by atoms with van der Waals surface area (Å²) < 4.78 is 0. The average Bonchev–Trinajstić information content (AvgIpc) is 2.60. The molecular weight excluding hydrogens is 314 g/mol. The molecule has 1 atom stereocenters. The molecule has 0 aliphatic heterocycles. The van der Waals surface area contributed by atoms with Gasteiger partial charge in [0.05, 0.1) is 5.54 Å². The summed E-state index contributed by atoms with van der Waals surface area (Å²) in [6.45, 7) is 4.14. The van der Waals surface area contributed by atoms with E-state index in [1.807, 2.05) is 37.3 Å². The standard InChI is InChI=1S/C20H25N3O2/c1-3-12-20(2,21)19(25)23-17-11-7-10-16(13-17)18(24)22-14-15-8-5-4-6-9-15/h4-11,13H,3,12,14,21H2,1-2H3,(H,22,24)(H,23,25). The van der Waals surface area contributed by atoms with Gasteiger partial charge >= 0.3 is 0 Å². The Labute approximate surface area is 148 Å². The molecule has 1 unspecified atom stereocenters. The first-order valence-electron chi connectivity index (χ1n) is 8.45. The molecule has 5 heteroatoms. The van der Waals surface area contributed by atoms with Crippen LogP contribution < -0.4 is 16.4 Å². The van der Waals surface area contributed by atoms with Crippen molar-refractivity contribution >= 4 is 17.5 Å². The van der Waals surface area contributed by atoms with Crippen molar-refractivity contribution in [3.05, 3.63) is 65.7 Å². The molecule has 5 nitrogen and oxygen atoms in total. The smallest absolute Gasteiger partial charge is 0.251 e. The van der Waals surface area contributed by atoms with Crippen LogP contribution in [0.4, 0.5) is 5.69 Å². The van der Waals surface area contributed by atoms with E-state index in [0.717, 1.165) is 12.0 Å². The predicted molar refractivity (Wildman–Crippen MR) is 100 cm³/mol. The minimum absolute atomic E-state index is 0.191. The lowest BCUT2D eigenvalue weighted by Crippen LogP contribution is -2.48. The van der Waals surface area contributed by atoms with Gasteiger partial charge in [-0.05, 0) is 37.1 Å². The van der Waals surface area contributed by atoms with Crippen molar-refractivity contribution in [2.75, 3.05) is 5.32 Å². The van der Waals surface area contributed by atoms with E-state index in [1.165, 1.54) is 0 Å². The van der Waals surface area contributed by atoms with Crippen LogP contribution in [0.5, 0.6) is 0 Å². The molecule has 0 saturated carbocycles. The van der Waals surface area contributed by atoms with Gasteiger partial charge in [0.2, 0.25) is 5.91 Å². The molecule has 0 spiro atoms. The molecule has 0 aromatic heterocycles. The first kappa shape index (κ1) is 18.7. The Hall–Kier alpha value is -2.66. The fraction of sp³-hybridized carbons (Fsp3) is 0.300. The van der Waals surface area contributed by atoms with Crippen molar-refractivity contribution < 1.29 is 9.59 Å². The molecule has 25 heavy (non-hydrogen) atoms. The highest BCUT2D eigenvalue weighted by Crippen LogP contribution is 2.15. The van der Waals surface area contributed by atoms with E-state index in [1.54, 1.807) is 31.2 Å². The lowest BCUT2D eigenvalue weighted by atomic mass is 9.96. The molecule has 4 N–H and O–H groups in total. The molecule has 0 fully saturated rings. The van der Waals surface area contributed by atoms with Gasteiger partial charge in [-0.3, -0.25) is 9.59 Å². The second-order valence-corrected chi connectivity index (χ2v) is 6.37. The zero-order chi connectivity index (χ0) is 18.3. The van der Waals surface area contributed by atoms with Gasteiger partial charge in [-0.25, -0.2) is 0 Å². The zero-order valence-corrected chi connectivity index (χ0v) is 14.7. The van der Waals surface area contributed by atoms with Crippen molar-refractivity contribution in [1.82, 2.24) is 5.32 Å². The Bertz CT molecular complexity index is 727. The predicted octanol–water partition coefficient (Wildman–Crippen LogP) is 3.07. The van der Waals surface area contributed by atoms with Crippen LogP contribution in [0.1, 0.15) is 42.6 Å². The lowest BCUT2D eigenvalue weighted by molar-refractivity contribution is -0.120. The summed E-state index contributed by atoms with van der Waals surface area (Å²) in [6, 6.07) is 16.5. The molecule has 2 aromatic rings. The van der Waals surface area contributed by atoms with Gasteiger partial charge in [-0.1, -0.05) is 49.7 Å². The normalized spacial score (nSPS) is 12.9. The van der Waals surface area contributed by atoms with E-state index < -0.39 is 5.54 Å². The van der Waals surface area contributed by atoms with Crippen LogP contribution in [0.25, 0.3) is 0 Å². The number of hydrogen-bond donors (Lipinski definition) is 3. The number of carbonyl (C=O) groups is 2. The maximum Gasteiger partial charge on any atom is 0.251 e. The van der Waals surface area contributed by atoms with Crippen LogP contribution in [-0.4, -0.2) is 17.4 Å². The summed E-state index contributed by atoms with van der Waals surface area (Å²) in [7, 11) is 0. The summed E-state index contributed by atoms with van der Waals surface area (Å²) in [5, 5.41) is 5.66. The Morgan fingerprint density at radius 2 is 1.80 bits per heavy atom. The van der Waals surface area contributed by atoms with Crippen molar-refractivity contribution in [3.8, 4) is 0 Å². The van der Waals surface area contributed by atoms with Gasteiger partial charge in [0.25, 0.3) is 5.91 Å². The molecule has 0 aliphatic rings. The van der Waals surface area contributed by atoms with Crippen LogP contribution in [0.3, 0.4) is 0 Å². The Kier molecular flexibility index (Phi) is 6.31. The molecule has 0 saturated heterocycles. The largest absolute Gasteiger partial charge is 0.348 e. The van der Waals surface area contributed by atoms with E-state index in [2.05, 4.69) is 10.6 Å². The first-order valence-corrected chi connectivity index (χ1v) is 8.45. The third-order valence-corrected chi connectivity index (χ3v) is 3.97.